The number of furan rings is 1. The summed E-state index contributed by atoms with van der Waals surface area (Å²) in [5.74, 6) is 2.10. The normalized spacial score (nSPS) is 21.0. The summed E-state index contributed by atoms with van der Waals surface area (Å²) in [4.78, 5) is 2.53. The molecule has 22 heavy (non-hydrogen) atoms. The maximum atomic E-state index is 5.73. The molecule has 3 heteroatoms. The first-order valence-corrected chi connectivity index (χ1v) is 8.32. The lowest BCUT2D eigenvalue weighted by molar-refractivity contribution is 0.136. The molecule has 1 aromatic carbocycles. The Bertz CT molecular complexity index is 653. The molecule has 0 radical (unpaired) electrons. The van der Waals surface area contributed by atoms with E-state index in [1.165, 1.54) is 18.4 Å². The number of rotatable bonds is 2. The van der Waals surface area contributed by atoms with E-state index >= 15 is 0 Å². The first kappa shape index (κ1) is 14.0. The summed E-state index contributed by atoms with van der Waals surface area (Å²) in [6.45, 7) is 7.40. The van der Waals surface area contributed by atoms with E-state index in [2.05, 4.69) is 46.6 Å². The zero-order valence-electron chi connectivity index (χ0n) is 13.3. The minimum atomic E-state index is 0.338. The second-order valence-electron chi connectivity index (χ2n) is 6.83. The van der Waals surface area contributed by atoms with Gasteiger partial charge in [0.2, 0.25) is 0 Å². The Balaban J connectivity index is 1.48. The summed E-state index contributed by atoms with van der Waals surface area (Å²) in [6, 6.07) is 13.2. The van der Waals surface area contributed by atoms with Crippen molar-refractivity contribution in [2.45, 2.75) is 38.3 Å². The third-order valence-corrected chi connectivity index (χ3v) is 5.36. The fourth-order valence-electron chi connectivity index (χ4n) is 4.10. The molecule has 0 atom stereocenters. The molecule has 116 valence electrons. The van der Waals surface area contributed by atoms with Crippen LogP contribution in [0.2, 0.25) is 0 Å². The quantitative estimate of drug-likeness (QED) is 0.922. The Morgan fingerprint density at radius 3 is 2.73 bits per heavy atom. The molecule has 0 amide bonds. The molecule has 3 nitrogen and oxygen atoms in total. The van der Waals surface area contributed by atoms with Gasteiger partial charge in [-0.25, -0.2) is 0 Å². The van der Waals surface area contributed by atoms with Crippen molar-refractivity contribution < 1.29 is 4.42 Å². The predicted molar refractivity (Wildman–Crippen MR) is 87.8 cm³/mol. The number of fused-ring (bicyclic) bond motifs is 2. The summed E-state index contributed by atoms with van der Waals surface area (Å²) in [5.41, 5.74) is 3.41. The standard InChI is InChI=1S/C19H24N2O/c1-15-6-7-17(22-15)13-21-10-8-19(9-11-21)14-20-12-16-4-2-3-5-18(16)19/h2-7,20H,8-14H2,1H3. The number of likely N-dealkylation sites (tertiary alicyclic amines) is 1. The maximum absolute atomic E-state index is 5.73. The van der Waals surface area contributed by atoms with E-state index in [1.807, 2.05) is 6.92 Å². The van der Waals surface area contributed by atoms with E-state index < -0.39 is 0 Å². The average Bonchev–Trinajstić information content (AvgIpc) is 2.95. The first-order valence-electron chi connectivity index (χ1n) is 8.32. The lowest BCUT2D eigenvalue weighted by atomic mass is 9.69. The predicted octanol–water partition coefficient (Wildman–Crippen LogP) is 3.23. The van der Waals surface area contributed by atoms with Gasteiger partial charge in [-0.1, -0.05) is 24.3 Å². The maximum Gasteiger partial charge on any atom is 0.118 e. The number of nitrogens with one attached hydrogen (secondary N) is 1. The highest BCUT2D eigenvalue weighted by Crippen LogP contribution is 2.39. The van der Waals surface area contributed by atoms with Crippen LogP contribution >= 0.6 is 0 Å². The first-order chi connectivity index (χ1) is 10.8. The molecule has 0 saturated carbocycles. The number of benzene rings is 1. The van der Waals surface area contributed by atoms with Gasteiger partial charge in [0.05, 0.1) is 6.54 Å². The highest BCUT2D eigenvalue weighted by atomic mass is 16.3. The van der Waals surface area contributed by atoms with Crippen LogP contribution in [0.1, 0.15) is 35.5 Å². The Hall–Kier alpha value is -1.58. The van der Waals surface area contributed by atoms with Crippen LogP contribution in [-0.2, 0) is 18.5 Å². The van der Waals surface area contributed by atoms with Crippen molar-refractivity contribution in [1.82, 2.24) is 10.2 Å². The van der Waals surface area contributed by atoms with Crippen LogP contribution in [0.25, 0.3) is 0 Å². The van der Waals surface area contributed by atoms with E-state index in [-0.39, 0.29) is 0 Å². The molecule has 2 aromatic rings. The number of hydrogen-bond donors (Lipinski definition) is 1. The minimum absolute atomic E-state index is 0.338. The van der Waals surface area contributed by atoms with Crippen LogP contribution in [0.5, 0.6) is 0 Å². The number of nitrogens with zero attached hydrogens (tertiary/aromatic N) is 1. The number of aryl methyl sites for hydroxylation is 1. The molecule has 0 bridgehead atoms. The van der Waals surface area contributed by atoms with Crippen LogP contribution in [0.3, 0.4) is 0 Å². The summed E-state index contributed by atoms with van der Waals surface area (Å²) in [7, 11) is 0. The fourth-order valence-corrected chi connectivity index (χ4v) is 4.10. The lowest BCUT2D eigenvalue weighted by Crippen LogP contribution is -2.50. The molecule has 0 aliphatic carbocycles. The van der Waals surface area contributed by atoms with Crippen molar-refractivity contribution in [2.24, 2.45) is 0 Å². The zero-order chi connectivity index (χ0) is 15.0. The highest BCUT2D eigenvalue weighted by Gasteiger charge is 2.39. The molecular weight excluding hydrogens is 272 g/mol. The van der Waals surface area contributed by atoms with E-state index in [0.717, 1.165) is 44.2 Å². The summed E-state index contributed by atoms with van der Waals surface area (Å²) >= 11 is 0. The van der Waals surface area contributed by atoms with Crippen molar-refractivity contribution in [3.05, 3.63) is 59.0 Å². The van der Waals surface area contributed by atoms with Gasteiger partial charge >= 0.3 is 0 Å². The van der Waals surface area contributed by atoms with E-state index in [4.69, 9.17) is 4.42 Å². The molecule has 2 aliphatic rings. The molecular formula is C19H24N2O. The minimum Gasteiger partial charge on any atom is -0.465 e. The highest BCUT2D eigenvalue weighted by molar-refractivity contribution is 5.37. The lowest BCUT2D eigenvalue weighted by Gasteiger charge is -2.45. The van der Waals surface area contributed by atoms with Gasteiger partial charge in [0, 0.05) is 18.5 Å². The second-order valence-corrected chi connectivity index (χ2v) is 6.83. The van der Waals surface area contributed by atoms with Gasteiger partial charge < -0.3 is 9.73 Å². The largest absolute Gasteiger partial charge is 0.465 e. The van der Waals surface area contributed by atoms with Gasteiger partial charge in [0.1, 0.15) is 11.5 Å². The summed E-state index contributed by atoms with van der Waals surface area (Å²) < 4.78 is 5.73. The van der Waals surface area contributed by atoms with Crippen molar-refractivity contribution >= 4 is 0 Å². The smallest absolute Gasteiger partial charge is 0.118 e. The summed E-state index contributed by atoms with van der Waals surface area (Å²) in [6.07, 6.45) is 2.47. The Morgan fingerprint density at radius 2 is 1.95 bits per heavy atom. The van der Waals surface area contributed by atoms with Crippen LogP contribution in [-0.4, -0.2) is 24.5 Å². The van der Waals surface area contributed by atoms with Crippen LogP contribution in [0.4, 0.5) is 0 Å². The Morgan fingerprint density at radius 1 is 1.14 bits per heavy atom. The molecule has 1 saturated heterocycles. The fraction of sp³-hybridized carbons (Fsp3) is 0.474. The van der Waals surface area contributed by atoms with E-state index in [9.17, 15) is 0 Å². The van der Waals surface area contributed by atoms with Gasteiger partial charge in [-0.3, -0.25) is 4.90 Å². The third-order valence-electron chi connectivity index (χ3n) is 5.36. The van der Waals surface area contributed by atoms with Gasteiger partial charge in [-0.05, 0) is 56.1 Å². The Kier molecular flexibility index (Phi) is 3.55. The van der Waals surface area contributed by atoms with Crippen molar-refractivity contribution in [2.75, 3.05) is 19.6 Å². The molecule has 1 N–H and O–H groups in total. The molecule has 1 spiro atoms. The molecule has 0 unspecified atom stereocenters. The molecule has 2 aliphatic heterocycles. The number of hydrogen-bond acceptors (Lipinski definition) is 3. The molecule has 1 fully saturated rings. The average molecular weight is 296 g/mol. The van der Waals surface area contributed by atoms with Gasteiger partial charge in [-0.15, -0.1) is 0 Å². The van der Waals surface area contributed by atoms with Crippen molar-refractivity contribution in [3.8, 4) is 0 Å². The number of piperidine rings is 1. The van der Waals surface area contributed by atoms with Crippen LogP contribution in [0, 0.1) is 6.92 Å². The van der Waals surface area contributed by atoms with Crippen LogP contribution < -0.4 is 5.32 Å². The van der Waals surface area contributed by atoms with E-state index in [1.54, 1.807) is 5.56 Å². The van der Waals surface area contributed by atoms with Crippen molar-refractivity contribution in [1.29, 1.82) is 0 Å². The van der Waals surface area contributed by atoms with E-state index in [0.29, 0.717) is 5.41 Å². The van der Waals surface area contributed by atoms with Crippen LogP contribution in [0.15, 0.2) is 40.8 Å². The van der Waals surface area contributed by atoms with Gasteiger partial charge in [0.25, 0.3) is 0 Å². The van der Waals surface area contributed by atoms with Gasteiger partial charge in [-0.2, -0.15) is 0 Å². The summed E-state index contributed by atoms with van der Waals surface area (Å²) in [5, 5.41) is 3.63. The molecule has 4 rings (SSSR count). The molecule has 3 heterocycles. The Labute approximate surface area is 132 Å². The second kappa shape index (κ2) is 5.56. The van der Waals surface area contributed by atoms with Gasteiger partial charge in [0.15, 0.2) is 0 Å². The van der Waals surface area contributed by atoms with Crippen molar-refractivity contribution in [3.63, 3.8) is 0 Å². The monoisotopic (exact) mass is 296 g/mol. The SMILES string of the molecule is Cc1ccc(CN2CCC3(CC2)CNCc2ccccc23)o1. The zero-order valence-corrected chi connectivity index (χ0v) is 13.3. The third kappa shape index (κ3) is 2.49. The molecule has 1 aromatic heterocycles. The topological polar surface area (TPSA) is 28.4 Å².